The summed E-state index contributed by atoms with van der Waals surface area (Å²) in [5, 5.41) is 9.17. The van der Waals surface area contributed by atoms with Gasteiger partial charge in [0, 0.05) is 16.7 Å². The Bertz CT molecular complexity index is 535. The molecule has 17 heavy (non-hydrogen) atoms. The summed E-state index contributed by atoms with van der Waals surface area (Å²) in [6, 6.07) is 6.69. The molecule has 0 saturated heterocycles. The molecule has 1 aromatic carbocycles. The fourth-order valence-corrected chi connectivity index (χ4v) is 2.01. The molecule has 5 heteroatoms. The van der Waals surface area contributed by atoms with Gasteiger partial charge in [-0.25, -0.2) is 4.79 Å². The van der Waals surface area contributed by atoms with Gasteiger partial charge in [-0.2, -0.15) is 0 Å². The Labute approximate surface area is 102 Å². The Morgan fingerprint density at radius 3 is 2.59 bits per heavy atom. The van der Waals surface area contributed by atoms with E-state index in [0.29, 0.717) is 10.6 Å². The molecule has 0 saturated carbocycles. The Balaban J connectivity index is 2.45. The predicted octanol–water partition coefficient (Wildman–Crippen LogP) is 2.12. The lowest BCUT2D eigenvalue weighted by Gasteiger charge is -2.24. The van der Waals surface area contributed by atoms with Crippen LogP contribution in [0.15, 0.2) is 36.1 Å². The van der Waals surface area contributed by atoms with Crippen LogP contribution in [0.2, 0.25) is 5.02 Å². The van der Waals surface area contributed by atoms with Gasteiger partial charge >= 0.3 is 5.97 Å². The number of ketones is 1. The molecule has 0 amide bonds. The molecule has 4 nitrogen and oxygen atoms in total. The first kappa shape index (κ1) is 11.7. The van der Waals surface area contributed by atoms with Crippen molar-refractivity contribution in [3.05, 3.63) is 46.7 Å². The fraction of sp³-hybridized carbons (Fsp3) is 0.167. The third-order valence-electron chi connectivity index (χ3n) is 2.65. The van der Waals surface area contributed by atoms with Gasteiger partial charge in [-0.05, 0) is 13.0 Å². The summed E-state index contributed by atoms with van der Waals surface area (Å²) in [6.45, 7) is 1.50. The molecule has 1 atom stereocenters. The largest absolute Gasteiger partial charge is 0.475 e. The first-order chi connectivity index (χ1) is 7.95. The lowest BCUT2D eigenvalue weighted by atomic mass is 9.92. The second-order valence-corrected chi connectivity index (χ2v) is 4.20. The Hall–Kier alpha value is -1.81. The number of carboxylic acid groups (broad SMARTS) is 1. The maximum absolute atomic E-state index is 11.8. The molecule has 1 aliphatic rings. The van der Waals surface area contributed by atoms with Gasteiger partial charge in [-0.1, -0.05) is 29.8 Å². The number of ether oxygens (including phenoxy) is 1. The minimum Gasteiger partial charge on any atom is -0.475 e. The van der Waals surface area contributed by atoms with E-state index in [1.165, 1.54) is 6.92 Å². The standard InChI is InChI=1S/C12H9ClO4/c1-12(7-4-2-3-5-8(7)13)10(14)6-9(17-12)11(15)16/h2-6H,1H3,(H,15,16). The first-order valence-corrected chi connectivity index (χ1v) is 5.26. The number of hydrogen-bond acceptors (Lipinski definition) is 3. The minimum absolute atomic E-state index is 0.364. The molecule has 0 aromatic heterocycles. The molecule has 1 unspecified atom stereocenters. The molecule has 0 bridgehead atoms. The third-order valence-corrected chi connectivity index (χ3v) is 2.97. The van der Waals surface area contributed by atoms with Gasteiger partial charge in [-0.3, -0.25) is 4.79 Å². The summed E-state index contributed by atoms with van der Waals surface area (Å²) >= 11 is 5.98. The van der Waals surface area contributed by atoms with Crippen molar-refractivity contribution in [1.82, 2.24) is 0 Å². The van der Waals surface area contributed by atoms with Crippen molar-refractivity contribution >= 4 is 23.4 Å². The Morgan fingerprint density at radius 2 is 2.06 bits per heavy atom. The smallest absolute Gasteiger partial charge is 0.371 e. The third kappa shape index (κ3) is 1.80. The highest BCUT2D eigenvalue weighted by Crippen LogP contribution is 2.38. The topological polar surface area (TPSA) is 63.6 Å². The molecule has 0 aliphatic carbocycles. The van der Waals surface area contributed by atoms with Crippen LogP contribution >= 0.6 is 11.6 Å². The number of carboxylic acids is 1. The van der Waals surface area contributed by atoms with E-state index in [0.717, 1.165) is 6.08 Å². The summed E-state index contributed by atoms with van der Waals surface area (Å²) in [5.74, 6) is -2.06. The fourth-order valence-electron chi connectivity index (χ4n) is 1.70. The normalized spacial score (nSPS) is 23.2. The maximum Gasteiger partial charge on any atom is 0.371 e. The molecule has 0 spiro atoms. The van der Waals surface area contributed by atoms with Gasteiger partial charge in [0.1, 0.15) is 0 Å². The van der Waals surface area contributed by atoms with E-state index < -0.39 is 17.4 Å². The minimum atomic E-state index is -1.36. The van der Waals surface area contributed by atoms with Crippen molar-refractivity contribution in [2.75, 3.05) is 0 Å². The van der Waals surface area contributed by atoms with Crippen molar-refractivity contribution in [3.8, 4) is 0 Å². The molecule has 88 valence electrons. The summed E-state index contributed by atoms with van der Waals surface area (Å²) in [4.78, 5) is 22.6. The molecule has 0 fully saturated rings. The molecule has 1 aliphatic heterocycles. The molecule has 2 rings (SSSR count). The summed E-state index contributed by atoms with van der Waals surface area (Å²) in [7, 11) is 0. The van der Waals surface area contributed by atoms with Crippen LogP contribution in [0.3, 0.4) is 0 Å². The van der Waals surface area contributed by atoms with Crippen molar-refractivity contribution in [2.45, 2.75) is 12.5 Å². The van der Waals surface area contributed by atoms with Crippen molar-refractivity contribution in [2.24, 2.45) is 0 Å². The van der Waals surface area contributed by atoms with Crippen LogP contribution in [0.5, 0.6) is 0 Å². The molecular weight excluding hydrogens is 244 g/mol. The first-order valence-electron chi connectivity index (χ1n) is 4.88. The van der Waals surface area contributed by atoms with Crippen LogP contribution in [0, 0.1) is 0 Å². The highest BCUT2D eigenvalue weighted by molar-refractivity contribution is 6.32. The van der Waals surface area contributed by atoms with Crippen LogP contribution in [0.1, 0.15) is 12.5 Å². The van der Waals surface area contributed by atoms with Gasteiger partial charge in [0.15, 0.2) is 5.60 Å². The number of rotatable bonds is 2. The van der Waals surface area contributed by atoms with Gasteiger partial charge < -0.3 is 9.84 Å². The lowest BCUT2D eigenvalue weighted by Crippen LogP contribution is -2.30. The van der Waals surface area contributed by atoms with Crippen LogP contribution in [0.25, 0.3) is 0 Å². The lowest BCUT2D eigenvalue weighted by molar-refractivity contribution is -0.141. The van der Waals surface area contributed by atoms with Crippen molar-refractivity contribution in [3.63, 3.8) is 0 Å². The number of benzene rings is 1. The summed E-state index contributed by atoms with van der Waals surface area (Å²) in [5.41, 5.74) is -0.898. The van der Waals surface area contributed by atoms with E-state index in [4.69, 9.17) is 21.4 Å². The molecule has 0 radical (unpaired) electrons. The molecule has 1 heterocycles. The van der Waals surface area contributed by atoms with Crippen molar-refractivity contribution in [1.29, 1.82) is 0 Å². The number of carbonyl (C=O) groups is 2. The van der Waals surface area contributed by atoms with Gasteiger partial charge in [0.25, 0.3) is 0 Å². The van der Waals surface area contributed by atoms with Crippen LogP contribution in [-0.2, 0) is 19.9 Å². The zero-order valence-corrected chi connectivity index (χ0v) is 9.69. The maximum atomic E-state index is 11.8. The van der Waals surface area contributed by atoms with E-state index in [-0.39, 0.29) is 5.76 Å². The number of carbonyl (C=O) groups excluding carboxylic acids is 1. The number of halogens is 1. The van der Waals surface area contributed by atoms with Crippen LogP contribution < -0.4 is 0 Å². The summed E-state index contributed by atoms with van der Waals surface area (Å²) < 4.78 is 5.22. The number of hydrogen-bond donors (Lipinski definition) is 1. The number of aliphatic carboxylic acids is 1. The zero-order valence-electron chi connectivity index (χ0n) is 8.94. The average molecular weight is 253 g/mol. The SMILES string of the molecule is CC1(c2ccccc2Cl)OC(C(=O)O)=CC1=O. The molecular formula is C12H9ClO4. The Kier molecular flexibility index (Phi) is 2.67. The van der Waals surface area contributed by atoms with Gasteiger partial charge in [0.05, 0.1) is 0 Å². The molecule has 1 aromatic rings. The zero-order chi connectivity index (χ0) is 12.6. The highest BCUT2D eigenvalue weighted by atomic mass is 35.5. The van der Waals surface area contributed by atoms with E-state index in [2.05, 4.69) is 0 Å². The molecule has 1 N–H and O–H groups in total. The van der Waals surface area contributed by atoms with Gasteiger partial charge in [-0.15, -0.1) is 0 Å². The van der Waals surface area contributed by atoms with E-state index in [1.807, 2.05) is 0 Å². The van der Waals surface area contributed by atoms with E-state index in [1.54, 1.807) is 24.3 Å². The summed E-state index contributed by atoms with van der Waals surface area (Å²) in [6.07, 6.45) is 0.978. The predicted molar refractivity (Wildman–Crippen MR) is 60.6 cm³/mol. The monoisotopic (exact) mass is 252 g/mol. The van der Waals surface area contributed by atoms with Crippen LogP contribution in [-0.4, -0.2) is 16.9 Å². The quantitative estimate of drug-likeness (QED) is 0.876. The second kappa shape index (κ2) is 3.89. The van der Waals surface area contributed by atoms with Crippen LogP contribution in [0.4, 0.5) is 0 Å². The second-order valence-electron chi connectivity index (χ2n) is 3.79. The highest BCUT2D eigenvalue weighted by Gasteiger charge is 2.44. The average Bonchev–Trinajstić information content (AvgIpc) is 2.57. The van der Waals surface area contributed by atoms with Gasteiger partial charge in [0.2, 0.25) is 11.5 Å². The van der Waals surface area contributed by atoms with E-state index >= 15 is 0 Å². The Morgan fingerprint density at radius 1 is 1.41 bits per heavy atom. The van der Waals surface area contributed by atoms with Crippen molar-refractivity contribution < 1.29 is 19.4 Å². The van der Waals surface area contributed by atoms with E-state index in [9.17, 15) is 9.59 Å².